The van der Waals surface area contributed by atoms with Crippen molar-refractivity contribution in [1.82, 2.24) is 5.32 Å². The van der Waals surface area contributed by atoms with Gasteiger partial charge in [0.25, 0.3) is 0 Å². The van der Waals surface area contributed by atoms with Gasteiger partial charge >= 0.3 is 0 Å². The highest BCUT2D eigenvalue weighted by molar-refractivity contribution is 5.97. The molecule has 0 radical (unpaired) electrons. The Balaban J connectivity index is 1.93. The number of carbonyl (C=O) groups is 1. The van der Waals surface area contributed by atoms with E-state index in [0.717, 1.165) is 32.4 Å². The lowest BCUT2D eigenvalue weighted by atomic mass is 9.94. The van der Waals surface area contributed by atoms with Crippen LogP contribution in [-0.4, -0.2) is 25.0 Å². The average Bonchev–Trinajstić information content (AvgIpc) is 2.84. The minimum atomic E-state index is 0.144. The standard InChI is InChI=1S/C16H22N2O/c1-11-5-3-6-13-7-4-10-18(15(11)13)16(19)14-8-9-17-12(14)2/h3,5-6,12,14,17H,4,7-10H2,1-2H3. The van der Waals surface area contributed by atoms with E-state index in [1.165, 1.54) is 16.8 Å². The second-order valence-electron chi connectivity index (χ2n) is 5.81. The van der Waals surface area contributed by atoms with E-state index in [1.54, 1.807) is 0 Å². The molecule has 0 bridgehead atoms. The van der Waals surface area contributed by atoms with Gasteiger partial charge in [-0.25, -0.2) is 0 Å². The zero-order chi connectivity index (χ0) is 13.4. The van der Waals surface area contributed by atoms with Gasteiger partial charge in [0.15, 0.2) is 0 Å². The third-order valence-electron chi connectivity index (χ3n) is 4.53. The zero-order valence-electron chi connectivity index (χ0n) is 11.8. The number of hydrogen-bond acceptors (Lipinski definition) is 2. The Bertz CT molecular complexity index is 498. The molecule has 1 amide bonds. The van der Waals surface area contributed by atoms with Crippen molar-refractivity contribution in [3.05, 3.63) is 29.3 Å². The van der Waals surface area contributed by atoms with E-state index < -0.39 is 0 Å². The highest BCUT2D eigenvalue weighted by Crippen LogP contribution is 2.32. The largest absolute Gasteiger partial charge is 0.313 e. The van der Waals surface area contributed by atoms with Crippen LogP contribution >= 0.6 is 0 Å². The monoisotopic (exact) mass is 258 g/mol. The van der Waals surface area contributed by atoms with Gasteiger partial charge in [-0.2, -0.15) is 0 Å². The van der Waals surface area contributed by atoms with Gasteiger partial charge < -0.3 is 10.2 Å². The van der Waals surface area contributed by atoms with Gasteiger partial charge in [0.2, 0.25) is 5.91 Å². The van der Waals surface area contributed by atoms with Gasteiger partial charge in [0.05, 0.1) is 5.92 Å². The second-order valence-corrected chi connectivity index (χ2v) is 5.81. The number of hydrogen-bond donors (Lipinski definition) is 1. The molecule has 2 aliphatic rings. The molecule has 3 nitrogen and oxygen atoms in total. The summed E-state index contributed by atoms with van der Waals surface area (Å²) in [5.74, 6) is 0.457. The van der Waals surface area contributed by atoms with E-state index in [0.29, 0.717) is 11.9 Å². The number of amides is 1. The van der Waals surface area contributed by atoms with Gasteiger partial charge in [0.1, 0.15) is 0 Å². The zero-order valence-corrected chi connectivity index (χ0v) is 11.8. The van der Waals surface area contributed by atoms with E-state index in [2.05, 4.69) is 37.4 Å². The fraction of sp³-hybridized carbons (Fsp3) is 0.562. The summed E-state index contributed by atoms with van der Waals surface area (Å²) in [5, 5.41) is 3.38. The minimum Gasteiger partial charge on any atom is -0.313 e. The van der Waals surface area contributed by atoms with E-state index >= 15 is 0 Å². The molecule has 3 rings (SSSR count). The first-order chi connectivity index (χ1) is 9.18. The van der Waals surface area contributed by atoms with Gasteiger partial charge in [-0.1, -0.05) is 18.2 Å². The molecule has 1 aromatic rings. The van der Waals surface area contributed by atoms with Crippen molar-refractivity contribution in [2.45, 2.75) is 39.2 Å². The highest BCUT2D eigenvalue weighted by Gasteiger charge is 2.35. The molecule has 2 heterocycles. The number of aryl methyl sites for hydroxylation is 2. The van der Waals surface area contributed by atoms with Gasteiger partial charge in [-0.15, -0.1) is 0 Å². The summed E-state index contributed by atoms with van der Waals surface area (Å²) in [4.78, 5) is 14.9. The first-order valence-electron chi connectivity index (χ1n) is 7.31. The SMILES string of the molecule is Cc1cccc2c1N(C(=O)C1CCNC1C)CCC2. The molecule has 1 aromatic carbocycles. The Morgan fingerprint density at radius 1 is 1.42 bits per heavy atom. The summed E-state index contributed by atoms with van der Waals surface area (Å²) in [6.07, 6.45) is 3.15. The molecular weight excluding hydrogens is 236 g/mol. The third-order valence-corrected chi connectivity index (χ3v) is 4.53. The van der Waals surface area contributed by atoms with E-state index in [-0.39, 0.29) is 5.92 Å². The smallest absolute Gasteiger partial charge is 0.231 e. The Labute approximate surface area is 115 Å². The number of carbonyl (C=O) groups excluding carboxylic acids is 1. The molecule has 2 aliphatic heterocycles. The van der Waals surface area contributed by atoms with Crippen LogP contribution in [-0.2, 0) is 11.2 Å². The van der Waals surface area contributed by atoms with Crippen molar-refractivity contribution < 1.29 is 4.79 Å². The van der Waals surface area contributed by atoms with Gasteiger partial charge in [0, 0.05) is 18.3 Å². The summed E-state index contributed by atoms with van der Waals surface area (Å²) in [7, 11) is 0. The first kappa shape index (κ1) is 12.7. The predicted octanol–water partition coefficient (Wildman–Crippen LogP) is 2.27. The van der Waals surface area contributed by atoms with Gasteiger partial charge in [-0.3, -0.25) is 4.79 Å². The summed E-state index contributed by atoms with van der Waals surface area (Å²) >= 11 is 0. The molecule has 2 atom stereocenters. The molecular formula is C16H22N2O. The molecule has 1 saturated heterocycles. The molecule has 1 fully saturated rings. The molecule has 0 aromatic heterocycles. The summed E-state index contributed by atoms with van der Waals surface area (Å²) in [6.45, 7) is 6.07. The Morgan fingerprint density at radius 2 is 2.26 bits per heavy atom. The van der Waals surface area contributed by atoms with Crippen molar-refractivity contribution in [2.24, 2.45) is 5.92 Å². The Morgan fingerprint density at radius 3 is 3.00 bits per heavy atom. The number of fused-ring (bicyclic) bond motifs is 1. The quantitative estimate of drug-likeness (QED) is 0.838. The summed E-state index contributed by atoms with van der Waals surface area (Å²) in [6, 6.07) is 6.68. The molecule has 0 spiro atoms. The lowest BCUT2D eigenvalue weighted by Crippen LogP contribution is -2.43. The minimum absolute atomic E-state index is 0.144. The molecule has 0 saturated carbocycles. The maximum absolute atomic E-state index is 12.8. The summed E-state index contributed by atoms with van der Waals surface area (Å²) in [5.41, 5.74) is 3.74. The number of anilines is 1. The van der Waals surface area contributed by atoms with Crippen LogP contribution in [0.15, 0.2) is 18.2 Å². The third kappa shape index (κ3) is 2.16. The van der Waals surface area contributed by atoms with E-state index in [4.69, 9.17) is 0 Å². The number of benzene rings is 1. The molecule has 3 heteroatoms. The lowest BCUT2D eigenvalue weighted by molar-refractivity contribution is -0.122. The van der Waals surface area contributed by atoms with Crippen LogP contribution in [0.5, 0.6) is 0 Å². The first-order valence-corrected chi connectivity index (χ1v) is 7.31. The van der Waals surface area contributed by atoms with Crippen molar-refractivity contribution in [1.29, 1.82) is 0 Å². The van der Waals surface area contributed by atoms with E-state index in [9.17, 15) is 4.79 Å². The number of nitrogens with one attached hydrogen (secondary N) is 1. The van der Waals surface area contributed by atoms with Gasteiger partial charge in [-0.05, 0) is 50.8 Å². The highest BCUT2D eigenvalue weighted by atomic mass is 16.2. The fourth-order valence-electron chi connectivity index (χ4n) is 3.46. The number of para-hydroxylation sites is 1. The van der Waals surface area contributed by atoms with Crippen LogP contribution in [0, 0.1) is 12.8 Å². The topological polar surface area (TPSA) is 32.3 Å². The van der Waals surface area contributed by atoms with Crippen molar-refractivity contribution in [3.63, 3.8) is 0 Å². The molecule has 102 valence electrons. The Kier molecular flexibility index (Phi) is 3.31. The molecule has 2 unspecified atom stereocenters. The van der Waals surface area contributed by atoms with Crippen molar-refractivity contribution >= 4 is 11.6 Å². The van der Waals surface area contributed by atoms with Crippen LogP contribution in [0.25, 0.3) is 0 Å². The maximum atomic E-state index is 12.8. The summed E-state index contributed by atoms with van der Waals surface area (Å²) < 4.78 is 0. The second kappa shape index (κ2) is 4.97. The molecule has 0 aliphatic carbocycles. The fourth-order valence-corrected chi connectivity index (χ4v) is 3.46. The lowest BCUT2D eigenvalue weighted by Gasteiger charge is -2.33. The average molecular weight is 258 g/mol. The predicted molar refractivity (Wildman–Crippen MR) is 77.4 cm³/mol. The van der Waals surface area contributed by atoms with E-state index in [1.807, 2.05) is 4.90 Å². The van der Waals surface area contributed by atoms with Crippen LogP contribution in [0.4, 0.5) is 5.69 Å². The number of nitrogens with zero attached hydrogens (tertiary/aromatic N) is 1. The Hall–Kier alpha value is -1.35. The van der Waals surface area contributed by atoms with Crippen LogP contribution in [0.2, 0.25) is 0 Å². The molecule has 19 heavy (non-hydrogen) atoms. The van der Waals surface area contributed by atoms with Crippen LogP contribution in [0.3, 0.4) is 0 Å². The normalized spacial score (nSPS) is 26.3. The van der Waals surface area contributed by atoms with Crippen molar-refractivity contribution in [2.75, 3.05) is 18.0 Å². The van der Waals surface area contributed by atoms with Crippen LogP contribution < -0.4 is 10.2 Å². The molecule has 1 N–H and O–H groups in total. The van der Waals surface area contributed by atoms with Crippen molar-refractivity contribution in [3.8, 4) is 0 Å². The number of rotatable bonds is 1. The van der Waals surface area contributed by atoms with Crippen LogP contribution in [0.1, 0.15) is 30.9 Å². The maximum Gasteiger partial charge on any atom is 0.231 e.